The standard InChI is InChI=1S/C15H19ClO3/c1-8-6-12(15(19-3)14(16)9(8)2)11(7-13(17)18)10-4-5-10/h6,10-11H,4-5,7H2,1-3H3,(H,17,18). The molecule has 1 saturated carbocycles. The van der Waals surface area contributed by atoms with Gasteiger partial charge in [0.1, 0.15) is 5.75 Å². The second-order valence-corrected chi connectivity index (χ2v) is 5.67. The summed E-state index contributed by atoms with van der Waals surface area (Å²) in [7, 11) is 1.59. The Labute approximate surface area is 118 Å². The van der Waals surface area contributed by atoms with Crippen molar-refractivity contribution < 1.29 is 14.6 Å². The zero-order valence-corrected chi connectivity index (χ0v) is 12.3. The van der Waals surface area contributed by atoms with E-state index in [1.165, 1.54) is 0 Å². The van der Waals surface area contributed by atoms with Gasteiger partial charge in [-0.05, 0) is 49.3 Å². The highest BCUT2D eigenvalue weighted by Gasteiger charge is 2.36. The molecular formula is C15H19ClO3. The van der Waals surface area contributed by atoms with Crippen LogP contribution in [0.4, 0.5) is 0 Å². The molecule has 1 fully saturated rings. The van der Waals surface area contributed by atoms with Crippen LogP contribution in [0.15, 0.2) is 6.07 Å². The van der Waals surface area contributed by atoms with Crippen LogP contribution < -0.4 is 4.74 Å². The minimum Gasteiger partial charge on any atom is -0.495 e. The van der Waals surface area contributed by atoms with E-state index in [-0.39, 0.29) is 12.3 Å². The van der Waals surface area contributed by atoms with Gasteiger partial charge in [-0.1, -0.05) is 17.7 Å². The SMILES string of the molecule is COc1c(C(CC(=O)O)C2CC2)cc(C)c(C)c1Cl. The number of benzene rings is 1. The fraction of sp³-hybridized carbons (Fsp3) is 0.533. The van der Waals surface area contributed by atoms with Crippen molar-refractivity contribution in [2.75, 3.05) is 7.11 Å². The quantitative estimate of drug-likeness (QED) is 0.890. The van der Waals surface area contributed by atoms with Gasteiger partial charge in [0.25, 0.3) is 0 Å². The molecule has 19 heavy (non-hydrogen) atoms. The van der Waals surface area contributed by atoms with E-state index in [0.717, 1.165) is 29.5 Å². The fourth-order valence-corrected chi connectivity index (χ4v) is 2.91. The smallest absolute Gasteiger partial charge is 0.303 e. The Morgan fingerprint density at radius 3 is 2.63 bits per heavy atom. The van der Waals surface area contributed by atoms with Gasteiger partial charge in [-0.2, -0.15) is 0 Å². The summed E-state index contributed by atoms with van der Waals surface area (Å²) >= 11 is 6.34. The van der Waals surface area contributed by atoms with Crippen molar-refractivity contribution in [1.82, 2.24) is 0 Å². The molecule has 1 N–H and O–H groups in total. The van der Waals surface area contributed by atoms with Crippen LogP contribution in [0.5, 0.6) is 5.75 Å². The van der Waals surface area contributed by atoms with Crippen molar-refractivity contribution in [2.24, 2.45) is 5.92 Å². The van der Waals surface area contributed by atoms with E-state index in [9.17, 15) is 4.79 Å². The highest BCUT2D eigenvalue weighted by Crippen LogP contribution is 2.49. The number of aliphatic carboxylic acids is 1. The van der Waals surface area contributed by atoms with Crippen LogP contribution in [0.25, 0.3) is 0 Å². The van der Waals surface area contributed by atoms with E-state index < -0.39 is 5.97 Å². The van der Waals surface area contributed by atoms with E-state index in [2.05, 4.69) is 0 Å². The van der Waals surface area contributed by atoms with E-state index in [1.807, 2.05) is 19.9 Å². The van der Waals surface area contributed by atoms with Gasteiger partial charge < -0.3 is 9.84 Å². The Bertz CT molecular complexity index is 507. The second-order valence-electron chi connectivity index (χ2n) is 5.30. The molecule has 0 heterocycles. The largest absolute Gasteiger partial charge is 0.495 e. The predicted molar refractivity (Wildman–Crippen MR) is 75.2 cm³/mol. The van der Waals surface area contributed by atoms with E-state index in [4.69, 9.17) is 21.4 Å². The number of hydrogen-bond donors (Lipinski definition) is 1. The minimum absolute atomic E-state index is 0.00394. The van der Waals surface area contributed by atoms with Gasteiger partial charge in [-0.3, -0.25) is 4.79 Å². The number of methoxy groups -OCH3 is 1. The summed E-state index contributed by atoms with van der Waals surface area (Å²) in [5.74, 6) is 0.323. The van der Waals surface area contributed by atoms with Crippen molar-refractivity contribution in [3.63, 3.8) is 0 Å². The van der Waals surface area contributed by atoms with Crippen molar-refractivity contribution in [3.05, 3.63) is 27.8 Å². The molecule has 4 heteroatoms. The highest BCUT2D eigenvalue weighted by atomic mass is 35.5. The molecule has 1 aliphatic carbocycles. The molecule has 1 aromatic rings. The number of carboxylic acids is 1. The topological polar surface area (TPSA) is 46.5 Å². The molecule has 1 aromatic carbocycles. The summed E-state index contributed by atoms with van der Waals surface area (Å²) < 4.78 is 5.43. The maximum Gasteiger partial charge on any atom is 0.303 e. The Morgan fingerprint density at radius 2 is 2.16 bits per heavy atom. The molecule has 0 spiro atoms. The lowest BCUT2D eigenvalue weighted by Gasteiger charge is -2.21. The Hall–Kier alpha value is -1.22. The first-order valence-corrected chi connectivity index (χ1v) is 6.88. The minimum atomic E-state index is -0.770. The van der Waals surface area contributed by atoms with E-state index >= 15 is 0 Å². The van der Waals surface area contributed by atoms with Crippen molar-refractivity contribution in [2.45, 2.75) is 39.0 Å². The van der Waals surface area contributed by atoms with Crippen molar-refractivity contribution in [3.8, 4) is 5.75 Å². The summed E-state index contributed by atoms with van der Waals surface area (Å²) in [5.41, 5.74) is 3.02. The molecule has 1 atom stereocenters. The number of aryl methyl sites for hydroxylation is 1. The first-order chi connectivity index (χ1) is 8.95. The maximum atomic E-state index is 11.1. The molecule has 104 valence electrons. The summed E-state index contributed by atoms with van der Waals surface area (Å²) in [6.45, 7) is 3.95. The van der Waals surface area contributed by atoms with Gasteiger partial charge in [-0.25, -0.2) is 0 Å². The maximum absolute atomic E-state index is 11.1. The van der Waals surface area contributed by atoms with Gasteiger partial charge in [0.05, 0.1) is 18.6 Å². The van der Waals surface area contributed by atoms with E-state index in [1.54, 1.807) is 7.11 Å². The van der Waals surface area contributed by atoms with Gasteiger partial charge in [0.2, 0.25) is 0 Å². The zero-order valence-electron chi connectivity index (χ0n) is 11.5. The van der Waals surface area contributed by atoms with Gasteiger partial charge in [0.15, 0.2) is 0 Å². The summed E-state index contributed by atoms with van der Waals surface area (Å²) in [6.07, 6.45) is 2.32. The first kappa shape index (κ1) is 14.2. The molecule has 0 bridgehead atoms. The third-order valence-electron chi connectivity index (χ3n) is 3.94. The molecular weight excluding hydrogens is 264 g/mol. The van der Waals surface area contributed by atoms with Gasteiger partial charge >= 0.3 is 5.97 Å². The van der Waals surface area contributed by atoms with Gasteiger partial charge in [0, 0.05) is 5.92 Å². The van der Waals surface area contributed by atoms with Crippen LogP contribution in [0.1, 0.15) is 41.9 Å². The molecule has 2 rings (SSSR count). The number of rotatable bonds is 5. The van der Waals surface area contributed by atoms with Gasteiger partial charge in [-0.15, -0.1) is 0 Å². The average Bonchev–Trinajstić information content (AvgIpc) is 3.17. The van der Waals surface area contributed by atoms with Crippen molar-refractivity contribution in [1.29, 1.82) is 0 Å². The summed E-state index contributed by atoms with van der Waals surface area (Å²) in [6, 6.07) is 2.03. The molecule has 3 nitrogen and oxygen atoms in total. The lowest BCUT2D eigenvalue weighted by molar-refractivity contribution is -0.137. The zero-order chi connectivity index (χ0) is 14.2. The Kier molecular flexibility index (Phi) is 4.04. The molecule has 0 aliphatic heterocycles. The number of hydrogen-bond acceptors (Lipinski definition) is 2. The number of ether oxygens (including phenoxy) is 1. The summed E-state index contributed by atoms with van der Waals surface area (Å²) in [5, 5.41) is 9.71. The molecule has 0 radical (unpaired) electrons. The third-order valence-corrected chi connectivity index (χ3v) is 4.40. The molecule has 0 saturated heterocycles. The second kappa shape index (κ2) is 5.41. The number of carbonyl (C=O) groups is 1. The van der Waals surface area contributed by atoms with Crippen LogP contribution >= 0.6 is 11.6 Å². The number of halogens is 1. The van der Waals surface area contributed by atoms with Crippen molar-refractivity contribution >= 4 is 17.6 Å². The average molecular weight is 283 g/mol. The lowest BCUT2D eigenvalue weighted by atomic mass is 9.88. The Morgan fingerprint density at radius 1 is 1.53 bits per heavy atom. The number of carboxylic acid groups (broad SMARTS) is 1. The molecule has 0 aromatic heterocycles. The Balaban J connectivity index is 2.49. The summed E-state index contributed by atoms with van der Waals surface area (Å²) in [4.78, 5) is 11.1. The normalized spacial score (nSPS) is 16.2. The fourth-order valence-electron chi connectivity index (χ4n) is 2.58. The monoisotopic (exact) mass is 282 g/mol. The van der Waals surface area contributed by atoms with Crippen LogP contribution in [0, 0.1) is 19.8 Å². The predicted octanol–water partition coefficient (Wildman–Crippen LogP) is 3.93. The molecule has 0 amide bonds. The van der Waals surface area contributed by atoms with E-state index in [0.29, 0.717) is 16.7 Å². The van der Waals surface area contributed by atoms with Crippen LogP contribution in [0.3, 0.4) is 0 Å². The first-order valence-electron chi connectivity index (χ1n) is 6.51. The lowest BCUT2D eigenvalue weighted by Crippen LogP contribution is -2.11. The molecule has 1 aliphatic rings. The molecule has 1 unspecified atom stereocenters. The third kappa shape index (κ3) is 2.86. The van der Waals surface area contributed by atoms with Crippen LogP contribution in [0.2, 0.25) is 5.02 Å². The van der Waals surface area contributed by atoms with Crippen LogP contribution in [-0.4, -0.2) is 18.2 Å². The van der Waals surface area contributed by atoms with Crippen LogP contribution in [-0.2, 0) is 4.79 Å². The highest BCUT2D eigenvalue weighted by molar-refractivity contribution is 6.33.